The number of ether oxygens (including phenoxy) is 2. The predicted molar refractivity (Wildman–Crippen MR) is 130 cm³/mol. The number of carbonyl (C=O) groups excluding carboxylic acids is 1. The summed E-state index contributed by atoms with van der Waals surface area (Å²) in [5.74, 6) is -2.05. The van der Waals surface area contributed by atoms with Crippen molar-refractivity contribution in [3.05, 3.63) is 84.0 Å². The summed E-state index contributed by atoms with van der Waals surface area (Å²) in [7, 11) is -4.48. The van der Waals surface area contributed by atoms with Gasteiger partial charge in [-0.15, -0.1) is 0 Å². The second-order valence-electron chi connectivity index (χ2n) is 9.52. The molecule has 2 aromatic rings. The first-order valence-corrected chi connectivity index (χ1v) is 13.6. The van der Waals surface area contributed by atoms with Crippen molar-refractivity contribution in [2.24, 2.45) is 17.8 Å². The molecule has 38 heavy (non-hydrogen) atoms. The number of phosphoric acid groups is 1. The Morgan fingerprint density at radius 3 is 2.13 bits per heavy atom. The Bertz CT molecular complexity index is 1270. The average Bonchev–Trinajstić information content (AvgIpc) is 3.38. The van der Waals surface area contributed by atoms with Gasteiger partial charge >= 0.3 is 7.82 Å². The number of phosphoric ester groups is 1. The van der Waals surface area contributed by atoms with Gasteiger partial charge in [0, 0.05) is 5.92 Å². The highest BCUT2D eigenvalue weighted by Gasteiger charge is 2.57. The average molecular weight is 543 g/mol. The molecule has 11 nitrogen and oxygen atoms in total. The first kappa shape index (κ1) is 24.8. The zero-order valence-corrected chi connectivity index (χ0v) is 20.8. The van der Waals surface area contributed by atoms with Crippen LogP contribution in [-0.4, -0.2) is 52.4 Å². The van der Waals surface area contributed by atoms with Crippen molar-refractivity contribution >= 4 is 13.7 Å². The number of hydrogen-bond donors (Lipinski definition) is 4. The van der Waals surface area contributed by atoms with Gasteiger partial charge in [-0.2, -0.15) is 4.57 Å². The molecule has 0 aromatic heterocycles. The number of benzene rings is 2. The molecule has 2 heterocycles. The van der Waals surface area contributed by atoms with Crippen LogP contribution in [0.1, 0.15) is 6.42 Å². The largest absolute Gasteiger partial charge is 0.646 e. The number of amides is 1. The van der Waals surface area contributed by atoms with Crippen LogP contribution in [0, 0.1) is 17.8 Å². The van der Waals surface area contributed by atoms with E-state index >= 15 is 0 Å². The molecule has 0 spiro atoms. The fraction of sp³-hybridized carbons (Fsp3) is 0.346. The number of piperidine rings is 1. The molecule has 200 valence electrons. The van der Waals surface area contributed by atoms with Gasteiger partial charge in [-0.25, -0.2) is 0 Å². The zero-order valence-electron chi connectivity index (χ0n) is 20.0. The summed E-state index contributed by atoms with van der Waals surface area (Å²) in [5, 5.41) is 33.9. The third kappa shape index (κ3) is 4.41. The molecule has 1 saturated carbocycles. The van der Waals surface area contributed by atoms with E-state index in [1.165, 1.54) is 0 Å². The van der Waals surface area contributed by atoms with Gasteiger partial charge in [-0.3, -0.25) is 4.79 Å². The van der Waals surface area contributed by atoms with Crippen molar-refractivity contribution < 1.29 is 47.7 Å². The topological polar surface area (TPSA) is 153 Å². The van der Waals surface area contributed by atoms with Crippen LogP contribution in [0.5, 0.6) is 11.5 Å². The van der Waals surface area contributed by atoms with E-state index in [0.717, 1.165) is 0 Å². The van der Waals surface area contributed by atoms with Crippen molar-refractivity contribution in [3.8, 4) is 11.5 Å². The van der Waals surface area contributed by atoms with Crippen LogP contribution in [0.15, 0.2) is 84.0 Å². The summed E-state index contributed by atoms with van der Waals surface area (Å²) in [5.41, 5.74) is 0. The van der Waals surface area contributed by atoms with Crippen LogP contribution in [0.25, 0.3) is 0 Å². The molecule has 3 fully saturated rings. The van der Waals surface area contributed by atoms with Gasteiger partial charge in [-0.1, -0.05) is 36.4 Å². The molecule has 2 aliphatic carbocycles. The molecule has 2 aliphatic heterocycles. The minimum atomic E-state index is -4.48. The van der Waals surface area contributed by atoms with Gasteiger partial charge in [0.05, 0.1) is 12.1 Å². The van der Waals surface area contributed by atoms with Crippen molar-refractivity contribution in [3.63, 3.8) is 0 Å². The highest BCUT2D eigenvalue weighted by molar-refractivity contribution is 7.49. The van der Waals surface area contributed by atoms with E-state index in [1.54, 1.807) is 66.7 Å². The highest BCUT2D eigenvalue weighted by atomic mass is 31.2. The molecule has 12 heteroatoms. The Morgan fingerprint density at radius 2 is 1.50 bits per heavy atom. The Labute approximate surface area is 217 Å². The van der Waals surface area contributed by atoms with Gasteiger partial charge in [0.25, 0.3) is 0 Å². The van der Waals surface area contributed by atoms with Crippen LogP contribution in [0.3, 0.4) is 0 Å². The van der Waals surface area contributed by atoms with E-state index in [9.17, 15) is 24.7 Å². The molecular weight excluding hydrogens is 517 g/mol. The smallest absolute Gasteiger partial charge is 0.454 e. The van der Waals surface area contributed by atoms with Crippen LogP contribution in [0.2, 0.25) is 0 Å². The minimum absolute atomic E-state index is 0.0883. The van der Waals surface area contributed by atoms with Crippen LogP contribution in [0.4, 0.5) is 0 Å². The summed E-state index contributed by atoms with van der Waals surface area (Å²) in [6.45, 7) is -0.156. The van der Waals surface area contributed by atoms with E-state index in [-0.39, 0.29) is 42.0 Å². The molecule has 3 unspecified atom stereocenters. The van der Waals surface area contributed by atoms with Gasteiger partial charge in [-0.05, 0) is 42.7 Å². The number of carbonyl (C=O) groups is 1. The monoisotopic (exact) mass is 543 g/mol. The standard InChI is InChI=1S/C26H26NO10P/c28-18-11-17-16-12-19-24(34-13-33-19)25(20(16)26(31)27-21(17)23(30)22(18)29)37-38(32,35-14-7-3-1-4-8-14)36-15-9-5-2-6-10-15/h1-10,12,16-18,20-23,28-30H,11,13H2,(H,27,31)/t16?,17?,18-,20?,21+,22+,23-/m0/s1. The molecular formula is C26H26NO10P. The zero-order chi connectivity index (χ0) is 26.4. The lowest BCUT2D eigenvalue weighted by atomic mass is 9.64. The molecule has 4 aliphatic rings. The Morgan fingerprint density at radius 1 is 0.868 bits per heavy atom. The van der Waals surface area contributed by atoms with E-state index in [2.05, 4.69) is 5.32 Å². The van der Waals surface area contributed by atoms with Crippen molar-refractivity contribution in [1.82, 2.24) is 5.32 Å². The maximum absolute atomic E-state index is 14.2. The SMILES string of the molecule is O=C1N[C@@H]2C(C[C@H](O)[C@@H](O)[C@H]2O)C2C=C3OCOC3=C(OP(=O)(Oc3ccccc3)Oc3ccccc3)C12. The van der Waals surface area contributed by atoms with E-state index in [4.69, 9.17) is 23.0 Å². The third-order valence-corrected chi connectivity index (χ3v) is 8.47. The molecule has 2 saturated heterocycles. The van der Waals surface area contributed by atoms with Gasteiger partial charge < -0.3 is 43.7 Å². The van der Waals surface area contributed by atoms with Gasteiger partial charge in [0.1, 0.15) is 29.6 Å². The predicted octanol–water partition coefficient (Wildman–Crippen LogP) is 2.22. The Hall–Kier alpha value is -3.50. The number of hydrogen-bond acceptors (Lipinski definition) is 10. The summed E-state index contributed by atoms with van der Waals surface area (Å²) in [4.78, 5) is 13.4. The lowest BCUT2D eigenvalue weighted by Crippen LogP contribution is -2.66. The van der Waals surface area contributed by atoms with E-state index in [1.807, 2.05) is 0 Å². The summed E-state index contributed by atoms with van der Waals surface area (Å²) in [6.07, 6.45) is -2.21. The molecule has 0 radical (unpaired) electrons. The molecule has 1 amide bonds. The Kier molecular flexibility index (Phi) is 6.31. The van der Waals surface area contributed by atoms with Gasteiger partial charge in [0.2, 0.25) is 18.5 Å². The number of fused-ring (bicyclic) bond motifs is 4. The molecule has 4 N–H and O–H groups in total. The minimum Gasteiger partial charge on any atom is -0.454 e. The third-order valence-electron chi connectivity index (χ3n) is 7.18. The van der Waals surface area contributed by atoms with Crippen LogP contribution >= 0.6 is 7.82 Å². The summed E-state index contributed by atoms with van der Waals surface area (Å²) < 4.78 is 42.9. The van der Waals surface area contributed by atoms with Crippen LogP contribution < -0.4 is 14.4 Å². The number of allylic oxidation sites excluding steroid dienone is 1. The number of para-hydroxylation sites is 2. The number of nitrogens with one attached hydrogen (secondary N) is 1. The first-order valence-electron chi connectivity index (χ1n) is 12.2. The van der Waals surface area contributed by atoms with E-state index in [0.29, 0.717) is 0 Å². The highest BCUT2D eigenvalue weighted by Crippen LogP contribution is 2.56. The second-order valence-corrected chi connectivity index (χ2v) is 11.0. The molecule has 6 rings (SSSR count). The number of aliphatic hydroxyl groups excluding tert-OH is 3. The molecule has 0 bridgehead atoms. The van der Waals surface area contributed by atoms with Crippen molar-refractivity contribution in [2.75, 3.05) is 6.79 Å². The summed E-state index contributed by atoms with van der Waals surface area (Å²) in [6, 6.07) is 15.8. The lowest BCUT2D eigenvalue weighted by molar-refractivity contribution is -0.153. The molecule has 7 atom stereocenters. The second kappa shape index (κ2) is 9.67. The normalized spacial score (nSPS) is 31.9. The fourth-order valence-corrected chi connectivity index (χ4v) is 6.76. The maximum atomic E-state index is 14.2. The fourth-order valence-electron chi connectivity index (χ4n) is 5.45. The lowest BCUT2D eigenvalue weighted by Gasteiger charge is -2.49. The van der Waals surface area contributed by atoms with Crippen molar-refractivity contribution in [2.45, 2.75) is 30.8 Å². The maximum Gasteiger partial charge on any atom is 0.646 e. The summed E-state index contributed by atoms with van der Waals surface area (Å²) >= 11 is 0. The Balaban J connectivity index is 1.39. The quantitative estimate of drug-likeness (QED) is 0.399. The van der Waals surface area contributed by atoms with E-state index < -0.39 is 55.8 Å². The molecule has 2 aromatic carbocycles. The van der Waals surface area contributed by atoms with Crippen LogP contribution in [-0.2, 0) is 23.4 Å². The first-order chi connectivity index (χ1) is 18.3. The van der Waals surface area contributed by atoms with Gasteiger partial charge in [0.15, 0.2) is 11.5 Å². The van der Waals surface area contributed by atoms with Crippen molar-refractivity contribution in [1.29, 1.82) is 0 Å². The number of aliphatic hydroxyl groups is 3. The number of rotatable bonds is 6.